The average molecular weight is 242 g/mol. The molecule has 1 unspecified atom stereocenters. The molecule has 1 aliphatic rings. The largest absolute Gasteiger partial charge is 0.485 e. The summed E-state index contributed by atoms with van der Waals surface area (Å²) in [5, 5.41) is 0.899. The molecule has 0 N–H and O–H groups in total. The highest BCUT2D eigenvalue weighted by atomic mass is 16.5. The van der Waals surface area contributed by atoms with Crippen molar-refractivity contribution in [3.8, 4) is 5.75 Å². The van der Waals surface area contributed by atoms with E-state index in [1.807, 2.05) is 26.0 Å². The molecule has 0 saturated heterocycles. The van der Waals surface area contributed by atoms with Crippen molar-refractivity contribution in [3.05, 3.63) is 51.9 Å². The Morgan fingerprint density at radius 1 is 1.44 bits per heavy atom. The van der Waals surface area contributed by atoms with Crippen molar-refractivity contribution in [2.45, 2.75) is 26.4 Å². The van der Waals surface area contributed by atoms with Gasteiger partial charge in [0.1, 0.15) is 17.4 Å². The Kier molecular flexibility index (Phi) is 2.30. The smallest absolute Gasteiger partial charge is 0.336 e. The predicted molar refractivity (Wildman–Crippen MR) is 70.2 cm³/mol. The predicted octanol–water partition coefficient (Wildman–Crippen LogP) is 2.98. The molecular weight excluding hydrogens is 228 g/mol. The minimum atomic E-state index is -0.325. The third-order valence-electron chi connectivity index (χ3n) is 3.36. The van der Waals surface area contributed by atoms with Crippen molar-refractivity contribution in [1.82, 2.24) is 0 Å². The second-order valence-corrected chi connectivity index (χ2v) is 4.83. The lowest BCUT2D eigenvalue weighted by Crippen LogP contribution is -2.13. The van der Waals surface area contributed by atoms with Gasteiger partial charge < -0.3 is 9.15 Å². The number of hydrogen-bond donors (Lipinski definition) is 0. The summed E-state index contributed by atoms with van der Waals surface area (Å²) in [7, 11) is 0. The molecule has 18 heavy (non-hydrogen) atoms. The van der Waals surface area contributed by atoms with Crippen LogP contribution in [0, 0.1) is 6.92 Å². The molecule has 0 aliphatic carbocycles. The van der Waals surface area contributed by atoms with E-state index in [0.717, 1.165) is 34.3 Å². The van der Waals surface area contributed by atoms with Gasteiger partial charge in [0.05, 0.1) is 5.39 Å². The fourth-order valence-corrected chi connectivity index (χ4v) is 2.41. The highest BCUT2D eigenvalue weighted by Gasteiger charge is 2.26. The zero-order valence-electron chi connectivity index (χ0n) is 10.4. The van der Waals surface area contributed by atoms with Crippen molar-refractivity contribution >= 4 is 11.0 Å². The van der Waals surface area contributed by atoms with Gasteiger partial charge in [-0.2, -0.15) is 0 Å². The van der Waals surface area contributed by atoms with Gasteiger partial charge in [0.15, 0.2) is 0 Å². The van der Waals surface area contributed by atoms with Gasteiger partial charge in [0, 0.05) is 12.5 Å². The van der Waals surface area contributed by atoms with Crippen molar-refractivity contribution in [1.29, 1.82) is 0 Å². The zero-order valence-corrected chi connectivity index (χ0v) is 10.4. The molecule has 0 radical (unpaired) electrons. The third kappa shape index (κ3) is 1.55. The Balaban J connectivity index is 2.27. The molecule has 0 bridgehead atoms. The molecule has 1 aromatic heterocycles. The number of aryl methyl sites for hydroxylation is 1. The fraction of sp³-hybridized carbons (Fsp3) is 0.267. The molecule has 1 aliphatic heterocycles. The van der Waals surface area contributed by atoms with Crippen molar-refractivity contribution in [2.75, 3.05) is 0 Å². The first-order valence-electron chi connectivity index (χ1n) is 5.94. The molecule has 92 valence electrons. The molecule has 3 nitrogen and oxygen atoms in total. The first-order chi connectivity index (χ1) is 8.56. The second kappa shape index (κ2) is 3.73. The SMILES string of the molecule is C=C(C)C1Cc2ccc3oc(=O)cc(C)c3c2O1. The Morgan fingerprint density at radius 3 is 2.94 bits per heavy atom. The van der Waals surface area contributed by atoms with Crippen LogP contribution in [0.4, 0.5) is 0 Å². The van der Waals surface area contributed by atoms with Crippen LogP contribution >= 0.6 is 0 Å². The molecule has 3 rings (SSSR count). The number of ether oxygens (including phenoxy) is 1. The summed E-state index contributed by atoms with van der Waals surface area (Å²) in [6.45, 7) is 7.80. The lowest BCUT2D eigenvalue weighted by Gasteiger charge is -2.11. The fourth-order valence-electron chi connectivity index (χ4n) is 2.41. The standard InChI is InChI=1S/C15H14O3/c1-8(2)12-7-10-4-5-11-14(15(10)18-12)9(3)6-13(16)17-11/h4-6,12H,1,7H2,2-3H3. The summed E-state index contributed by atoms with van der Waals surface area (Å²) in [4.78, 5) is 11.4. The topological polar surface area (TPSA) is 39.4 Å². The highest BCUT2D eigenvalue weighted by Crippen LogP contribution is 2.38. The molecular formula is C15H14O3. The summed E-state index contributed by atoms with van der Waals surface area (Å²) in [5.41, 5.74) is 3.30. The van der Waals surface area contributed by atoms with E-state index in [-0.39, 0.29) is 11.7 Å². The van der Waals surface area contributed by atoms with Gasteiger partial charge in [-0.1, -0.05) is 12.6 Å². The molecule has 1 atom stereocenters. The Morgan fingerprint density at radius 2 is 2.22 bits per heavy atom. The Labute approximate surface area is 105 Å². The molecule has 0 saturated carbocycles. The Hall–Kier alpha value is -2.03. The molecule has 0 spiro atoms. The van der Waals surface area contributed by atoms with Crippen LogP contribution < -0.4 is 10.4 Å². The van der Waals surface area contributed by atoms with Crippen molar-refractivity contribution < 1.29 is 9.15 Å². The van der Waals surface area contributed by atoms with Crippen molar-refractivity contribution in [3.63, 3.8) is 0 Å². The van der Waals surface area contributed by atoms with Crippen LogP contribution in [0.1, 0.15) is 18.1 Å². The molecule has 2 aromatic rings. The van der Waals surface area contributed by atoms with E-state index in [2.05, 4.69) is 6.58 Å². The maximum absolute atomic E-state index is 11.4. The lowest BCUT2D eigenvalue weighted by molar-refractivity contribution is 0.273. The van der Waals surface area contributed by atoms with Gasteiger partial charge in [-0.25, -0.2) is 4.79 Å². The van der Waals surface area contributed by atoms with Crippen LogP contribution in [0.5, 0.6) is 5.75 Å². The highest BCUT2D eigenvalue weighted by molar-refractivity contribution is 5.88. The second-order valence-electron chi connectivity index (χ2n) is 4.83. The normalized spacial score (nSPS) is 17.6. The van der Waals surface area contributed by atoms with Gasteiger partial charge in [-0.15, -0.1) is 0 Å². The molecule has 2 heterocycles. The van der Waals surface area contributed by atoms with Crippen LogP contribution in [0.3, 0.4) is 0 Å². The minimum Gasteiger partial charge on any atom is -0.485 e. The zero-order chi connectivity index (χ0) is 12.9. The van der Waals surface area contributed by atoms with Gasteiger partial charge in [0.2, 0.25) is 0 Å². The first kappa shape index (κ1) is 11.1. The van der Waals surface area contributed by atoms with E-state index < -0.39 is 0 Å². The summed E-state index contributed by atoms with van der Waals surface area (Å²) in [6.07, 6.45) is 0.857. The van der Waals surface area contributed by atoms with Gasteiger partial charge in [-0.05, 0) is 36.6 Å². The number of hydrogen-bond acceptors (Lipinski definition) is 3. The Bertz CT molecular complexity index is 709. The van der Waals surface area contributed by atoms with E-state index in [9.17, 15) is 4.79 Å². The van der Waals surface area contributed by atoms with Gasteiger partial charge >= 0.3 is 5.63 Å². The van der Waals surface area contributed by atoms with Crippen LogP contribution in [0.15, 0.2) is 39.6 Å². The van der Waals surface area contributed by atoms with Crippen LogP contribution in [-0.4, -0.2) is 6.10 Å². The lowest BCUT2D eigenvalue weighted by atomic mass is 10.0. The van der Waals surface area contributed by atoms with Crippen LogP contribution in [0.2, 0.25) is 0 Å². The van der Waals surface area contributed by atoms with Crippen LogP contribution in [-0.2, 0) is 6.42 Å². The van der Waals surface area contributed by atoms with Crippen LogP contribution in [0.25, 0.3) is 11.0 Å². The third-order valence-corrected chi connectivity index (χ3v) is 3.36. The first-order valence-corrected chi connectivity index (χ1v) is 5.94. The monoisotopic (exact) mass is 242 g/mol. The maximum atomic E-state index is 11.4. The summed E-state index contributed by atoms with van der Waals surface area (Å²) < 4.78 is 11.1. The minimum absolute atomic E-state index is 0.0249. The molecule has 3 heteroatoms. The van der Waals surface area contributed by atoms with Crippen molar-refractivity contribution in [2.24, 2.45) is 0 Å². The average Bonchev–Trinajstić information content (AvgIpc) is 2.71. The van der Waals surface area contributed by atoms with Gasteiger partial charge in [0.25, 0.3) is 0 Å². The van der Waals surface area contributed by atoms with E-state index in [0.29, 0.717) is 5.58 Å². The number of rotatable bonds is 1. The number of benzene rings is 1. The van der Waals surface area contributed by atoms with Gasteiger partial charge in [-0.3, -0.25) is 0 Å². The van der Waals surface area contributed by atoms with E-state index in [1.165, 1.54) is 6.07 Å². The van der Waals surface area contributed by atoms with E-state index >= 15 is 0 Å². The van der Waals surface area contributed by atoms with E-state index in [1.54, 1.807) is 0 Å². The quantitative estimate of drug-likeness (QED) is 0.570. The van der Waals surface area contributed by atoms with E-state index in [4.69, 9.17) is 9.15 Å². The summed E-state index contributed by atoms with van der Waals surface area (Å²) in [5.74, 6) is 0.835. The molecule has 1 aromatic carbocycles. The maximum Gasteiger partial charge on any atom is 0.336 e. The molecule has 0 fully saturated rings. The summed E-state index contributed by atoms with van der Waals surface area (Å²) in [6, 6.07) is 5.30. The molecule has 0 amide bonds. The summed E-state index contributed by atoms with van der Waals surface area (Å²) >= 11 is 0. The number of fused-ring (bicyclic) bond motifs is 3.